The normalized spacial score (nSPS) is 10.7. The number of hydrogen-bond acceptors (Lipinski definition) is 3. The first kappa shape index (κ1) is 17.2. The molecule has 0 saturated carbocycles. The number of hydrogen-bond donors (Lipinski definition) is 1. The van der Waals surface area contributed by atoms with Crippen LogP contribution in [0.25, 0.3) is 0 Å². The van der Waals surface area contributed by atoms with Gasteiger partial charge in [-0.3, -0.25) is 0 Å². The van der Waals surface area contributed by atoms with Gasteiger partial charge in [-0.15, -0.1) is 0 Å². The van der Waals surface area contributed by atoms with Gasteiger partial charge in [0.2, 0.25) is 0 Å². The summed E-state index contributed by atoms with van der Waals surface area (Å²) < 4.78 is 11.6. The van der Waals surface area contributed by atoms with E-state index in [-0.39, 0.29) is 5.75 Å². The average molecular weight is 334 g/mol. The van der Waals surface area contributed by atoms with Crippen molar-refractivity contribution in [1.82, 2.24) is 0 Å². The van der Waals surface area contributed by atoms with Crippen molar-refractivity contribution in [3.8, 4) is 5.75 Å². The molecule has 0 spiro atoms. The first-order valence-electron chi connectivity index (χ1n) is 8.36. The van der Waals surface area contributed by atoms with Gasteiger partial charge in [-0.1, -0.05) is 72.8 Å². The molecule has 25 heavy (non-hydrogen) atoms. The highest BCUT2D eigenvalue weighted by molar-refractivity contribution is 5.38. The van der Waals surface area contributed by atoms with Gasteiger partial charge < -0.3 is 14.6 Å². The molecule has 3 aromatic rings. The van der Waals surface area contributed by atoms with Crippen molar-refractivity contribution in [2.45, 2.75) is 26.4 Å². The maximum Gasteiger partial charge on any atom is 0.121 e. The fourth-order valence-corrected chi connectivity index (χ4v) is 2.62. The Morgan fingerprint density at radius 3 is 1.72 bits per heavy atom. The van der Waals surface area contributed by atoms with Gasteiger partial charge in [0, 0.05) is 5.56 Å². The molecule has 0 atom stereocenters. The van der Waals surface area contributed by atoms with E-state index in [2.05, 4.69) is 0 Å². The van der Waals surface area contributed by atoms with E-state index in [0.717, 1.165) is 22.3 Å². The van der Waals surface area contributed by atoms with E-state index >= 15 is 0 Å². The topological polar surface area (TPSA) is 38.7 Å². The molecule has 0 amide bonds. The SMILES string of the molecule is Oc1cccc(COCc2ccccc2)c1COCc1ccccc1. The largest absolute Gasteiger partial charge is 0.508 e. The van der Waals surface area contributed by atoms with E-state index in [9.17, 15) is 5.11 Å². The van der Waals surface area contributed by atoms with Crippen LogP contribution in [0.1, 0.15) is 22.3 Å². The minimum atomic E-state index is 0.244. The lowest BCUT2D eigenvalue weighted by molar-refractivity contribution is 0.0920. The molecule has 0 saturated heterocycles. The number of phenolic OH excluding ortho intramolecular Hbond substituents is 1. The predicted molar refractivity (Wildman–Crippen MR) is 98.0 cm³/mol. The highest BCUT2D eigenvalue weighted by Gasteiger charge is 2.08. The number of aromatic hydroxyl groups is 1. The third-order valence-electron chi connectivity index (χ3n) is 3.98. The molecule has 0 fully saturated rings. The minimum absolute atomic E-state index is 0.244. The maximum atomic E-state index is 10.2. The number of benzene rings is 3. The second kappa shape index (κ2) is 9.02. The van der Waals surface area contributed by atoms with E-state index in [1.807, 2.05) is 72.8 Å². The molecule has 1 N–H and O–H groups in total. The van der Waals surface area contributed by atoms with E-state index < -0.39 is 0 Å². The second-order valence-electron chi connectivity index (χ2n) is 5.87. The monoisotopic (exact) mass is 334 g/mol. The summed E-state index contributed by atoms with van der Waals surface area (Å²) in [5.41, 5.74) is 3.97. The average Bonchev–Trinajstić information content (AvgIpc) is 2.65. The summed E-state index contributed by atoms with van der Waals surface area (Å²) in [6.07, 6.45) is 0. The van der Waals surface area contributed by atoms with Gasteiger partial charge in [0.15, 0.2) is 0 Å². The Hall–Kier alpha value is -2.62. The summed E-state index contributed by atoms with van der Waals surface area (Å²) in [4.78, 5) is 0. The molecule has 0 radical (unpaired) electrons. The van der Waals surface area contributed by atoms with Crippen LogP contribution in [-0.4, -0.2) is 5.11 Å². The van der Waals surface area contributed by atoms with Gasteiger partial charge in [-0.2, -0.15) is 0 Å². The number of phenols is 1. The first-order chi connectivity index (χ1) is 12.3. The van der Waals surface area contributed by atoms with Gasteiger partial charge in [0.1, 0.15) is 5.75 Å². The van der Waals surface area contributed by atoms with Crippen LogP contribution in [0.2, 0.25) is 0 Å². The molecule has 3 rings (SSSR count). The molecule has 0 aliphatic carbocycles. The lowest BCUT2D eigenvalue weighted by atomic mass is 10.1. The molecule has 128 valence electrons. The zero-order valence-electron chi connectivity index (χ0n) is 14.1. The highest BCUT2D eigenvalue weighted by Crippen LogP contribution is 2.23. The van der Waals surface area contributed by atoms with E-state index in [1.165, 1.54) is 0 Å². The van der Waals surface area contributed by atoms with Crippen LogP contribution in [0, 0.1) is 0 Å². The summed E-state index contributed by atoms with van der Waals surface area (Å²) in [5.74, 6) is 0.244. The molecule has 0 aromatic heterocycles. The smallest absolute Gasteiger partial charge is 0.121 e. The van der Waals surface area contributed by atoms with Crippen molar-refractivity contribution in [1.29, 1.82) is 0 Å². The Kier molecular flexibility index (Phi) is 6.21. The predicted octanol–water partition coefficient (Wildman–Crippen LogP) is 4.83. The molecule has 0 unspecified atom stereocenters. The first-order valence-corrected chi connectivity index (χ1v) is 8.36. The van der Waals surface area contributed by atoms with Crippen LogP contribution in [0.15, 0.2) is 78.9 Å². The van der Waals surface area contributed by atoms with E-state index in [4.69, 9.17) is 9.47 Å². The van der Waals surface area contributed by atoms with Crippen molar-refractivity contribution in [2.75, 3.05) is 0 Å². The Labute approximate surface area is 148 Å². The molecule has 0 bridgehead atoms. The van der Waals surface area contributed by atoms with Crippen LogP contribution in [0.4, 0.5) is 0 Å². The summed E-state index contributed by atoms with van der Waals surface area (Å²) >= 11 is 0. The summed E-state index contributed by atoms with van der Waals surface area (Å²) in [5, 5.41) is 10.2. The number of rotatable bonds is 8. The lowest BCUT2D eigenvalue weighted by Crippen LogP contribution is -2.02. The second-order valence-corrected chi connectivity index (χ2v) is 5.87. The molecular formula is C22H22O3. The highest BCUT2D eigenvalue weighted by atomic mass is 16.5. The van der Waals surface area contributed by atoms with Gasteiger partial charge in [0.25, 0.3) is 0 Å². The van der Waals surface area contributed by atoms with Crippen molar-refractivity contribution in [2.24, 2.45) is 0 Å². The summed E-state index contributed by atoms with van der Waals surface area (Å²) in [6.45, 7) is 1.85. The third kappa shape index (κ3) is 5.18. The van der Waals surface area contributed by atoms with Crippen molar-refractivity contribution >= 4 is 0 Å². The van der Waals surface area contributed by atoms with Crippen LogP contribution < -0.4 is 0 Å². The standard InChI is InChI=1S/C22H22O3/c23-22-13-7-12-20(16-24-14-18-8-3-1-4-9-18)21(22)17-25-15-19-10-5-2-6-11-19/h1-13,23H,14-17H2. The Balaban J connectivity index is 1.57. The zero-order chi connectivity index (χ0) is 17.3. The molecule has 0 heterocycles. The molecule has 0 aliphatic heterocycles. The van der Waals surface area contributed by atoms with E-state index in [1.54, 1.807) is 6.07 Å². The molecule has 3 aromatic carbocycles. The van der Waals surface area contributed by atoms with Crippen LogP contribution in [0.3, 0.4) is 0 Å². The molecular weight excluding hydrogens is 312 g/mol. The minimum Gasteiger partial charge on any atom is -0.508 e. The Morgan fingerprint density at radius 1 is 0.560 bits per heavy atom. The van der Waals surface area contributed by atoms with Crippen LogP contribution in [0.5, 0.6) is 5.75 Å². The van der Waals surface area contributed by atoms with Crippen molar-refractivity contribution in [3.05, 3.63) is 101 Å². The van der Waals surface area contributed by atoms with Crippen LogP contribution >= 0.6 is 0 Å². The fraction of sp³-hybridized carbons (Fsp3) is 0.182. The quantitative estimate of drug-likeness (QED) is 0.641. The summed E-state index contributed by atoms with van der Waals surface area (Å²) in [7, 11) is 0. The number of ether oxygens (including phenoxy) is 2. The summed E-state index contributed by atoms with van der Waals surface area (Å²) in [6, 6.07) is 25.5. The van der Waals surface area contributed by atoms with Crippen molar-refractivity contribution < 1.29 is 14.6 Å². The fourth-order valence-electron chi connectivity index (χ4n) is 2.62. The van der Waals surface area contributed by atoms with Gasteiger partial charge in [0.05, 0.1) is 26.4 Å². The molecule has 3 nitrogen and oxygen atoms in total. The van der Waals surface area contributed by atoms with Gasteiger partial charge in [-0.25, -0.2) is 0 Å². The lowest BCUT2D eigenvalue weighted by Gasteiger charge is -2.13. The maximum absolute atomic E-state index is 10.2. The van der Waals surface area contributed by atoms with Gasteiger partial charge in [-0.05, 0) is 22.8 Å². The molecule has 0 aliphatic rings. The Bertz CT molecular complexity index is 770. The van der Waals surface area contributed by atoms with Gasteiger partial charge >= 0.3 is 0 Å². The molecule has 3 heteroatoms. The zero-order valence-corrected chi connectivity index (χ0v) is 14.1. The Morgan fingerprint density at radius 2 is 1.12 bits per heavy atom. The van der Waals surface area contributed by atoms with Crippen molar-refractivity contribution in [3.63, 3.8) is 0 Å². The van der Waals surface area contributed by atoms with Crippen LogP contribution in [-0.2, 0) is 35.9 Å². The third-order valence-corrected chi connectivity index (χ3v) is 3.98. The van der Waals surface area contributed by atoms with E-state index in [0.29, 0.717) is 26.4 Å².